The molecule has 0 atom stereocenters. The maximum absolute atomic E-state index is 11.7. The molecule has 0 unspecified atom stereocenters. The second-order valence-corrected chi connectivity index (χ2v) is 5.21. The molecule has 7 heteroatoms. The van der Waals surface area contributed by atoms with E-state index in [-0.39, 0.29) is 18.9 Å². The number of nitro groups is 1. The summed E-state index contributed by atoms with van der Waals surface area (Å²) >= 11 is 0. The predicted octanol–water partition coefficient (Wildman–Crippen LogP) is 3.19. The van der Waals surface area contributed by atoms with E-state index in [0.29, 0.717) is 11.3 Å². The number of benzene rings is 2. The minimum atomic E-state index is -0.657. The number of para-hydroxylation sites is 1. The van der Waals surface area contributed by atoms with Gasteiger partial charge in [-0.1, -0.05) is 36.4 Å². The van der Waals surface area contributed by atoms with Gasteiger partial charge in [0.1, 0.15) is 25.4 Å². The molecule has 0 aliphatic heterocycles. The molecule has 0 N–H and O–H groups in total. The van der Waals surface area contributed by atoms with Gasteiger partial charge >= 0.3 is 5.97 Å². The summed E-state index contributed by atoms with van der Waals surface area (Å²) in [6.45, 7) is 0.225. The van der Waals surface area contributed by atoms with Crippen LogP contribution in [0.2, 0.25) is 0 Å². The van der Waals surface area contributed by atoms with Crippen LogP contribution in [0, 0.1) is 10.1 Å². The first-order chi connectivity index (χ1) is 12.5. The molecule has 0 aliphatic carbocycles. The van der Waals surface area contributed by atoms with Crippen LogP contribution >= 0.6 is 0 Å². The average molecular weight is 355 g/mol. The fourth-order valence-corrected chi connectivity index (χ4v) is 2.02. The summed E-state index contributed by atoms with van der Waals surface area (Å²) in [5.41, 5.74) is 0.426. The van der Waals surface area contributed by atoms with E-state index in [1.165, 1.54) is 30.4 Å². The minimum Gasteiger partial charge on any atom is -0.490 e. The van der Waals surface area contributed by atoms with Crippen molar-refractivity contribution in [1.82, 2.24) is 0 Å². The normalized spacial score (nSPS) is 10.5. The standard InChI is InChI=1S/C19H17NO6/c21-17(10-9-15-5-4-6-16(13-15)20(23)24)14-19(22)26-12-11-25-18-7-2-1-3-8-18/h1-10,13H,11-12,14H2. The van der Waals surface area contributed by atoms with Gasteiger partial charge in [-0.2, -0.15) is 0 Å². The van der Waals surface area contributed by atoms with Crippen LogP contribution in [-0.2, 0) is 14.3 Å². The molecule has 0 aliphatic rings. The minimum absolute atomic E-state index is 0.0373. The number of ketones is 1. The fraction of sp³-hybridized carbons (Fsp3) is 0.158. The number of rotatable bonds is 9. The van der Waals surface area contributed by atoms with Crippen molar-refractivity contribution in [2.24, 2.45) is 0 Å². The van der Waals surface area contributed by atoms with Crippen LogP contribution in [0.4, 0.5) is 5.69 Å². The lowest BCUT2D eigenvalue weighted by Gasteiger charge is -2.06. The van der Waals surface area contributed by atoms with E-state index in [2.05, 4.69) is 0 Å². The van der Waals surface area contributed by atoms with Crippen molar-refractivity contribution in [2.45, 2.75) is 6.42 Å². The molecule has 0 radical (unpaired) electrons. The smallest absolute Gasteiger partial charge is 0.313 e. The molecule has 7 nitrogen and oxygen atoms in total. The van der Waals surface area contributed by atoms with E-state index in [4.69, 9.17) is 9.47 Å². The summed E-state index contributed by atoms with van der Waals surface area (Å²) in [6, 6.07) is 14.9. The molecule has 2 rings (SSSR count). The zero-order chi connectivity index (χ0) is 18.8. The first kappa shape index (κ1) is 18.9. The van der Waals surface area contributed by atoms with E-state index in [1.807, 2.05) is 18.2 Å². The number of carbonyl (C=O) groups excluding carboxylic acids is 2. The molecule has 0 saturated carbocycles. The van der Waals surface area contributed by atoms with E-state index in [0.717, 1.165) is 0 Å². The highest BCUT2D eigenvalue weighted by atomic mass is 16.6. The predicted molar refractivity (Wildman–Crippen MR) is 94.7 cm³/mol. The summed E-state index contributed by atoms with van der Waals surface area (Å²) < 4.78 is 10.3. The Labute approximate surface area is 150 Å². The van der Waals surface area contributed by atoms with Gasteiger partial charge in [0.05, 0.1) is 4.92 Å². The van der Waals surface area contributed by atoms with Gasteiger partial charge in [0.15, 0.2) is 5.78 Å². The van der Waals surface area contributed by atoms with Gasteiger partial charge in [-0.05, 0) is 23.8 Å². The van der Waals surface area contributed by atoms with Gasteiger partial charge in [0.2, 0.25) is 0 Å². The van der Waals surface area contributed by atoms with Crippen LogP contribution in [0.5, 0.6) is 5.75 Å². The Balaban J connectivity index is 1.72. The zero-order valence-electron chi connectivity index (χ0n) is 13.9. The third-order valence-electron chi connectivity index (χ3n) is 3.22. The molecule has 134 valence electrons. The SMILES string of the molecule is O=C(C=Cc1cccc([N+](=O)[O-])c1)CC(=O)OCCOc1ccccc1. The van der Waals surface area contributed by atoms with E-state index < -0.39 is 23.1 Å². The summed E-state index contributed by atoms with van der Waals surface area (Å²) in [6.07, 6.45) is 2.21. The first-order valence-corrected chi connectivity index (χ1v) is 7.83. The Morgan fingerprint density at radius 2 is 1.81 bits per heavy atom. The molecule has 2 aromatic rings. The lowest BCUT2D eigenvalue weighted by atomic mass is 10.1. The van der Waals surface area contributed by atoms with Gasteiger partial charge < -0.3 is 9.47 Å². The third kappa shape index (κ3) is 6.56. The van der Waals surface area contributed by atoms with Crippen LogP contribution in [-0.4, -0.2) is 29.9 Å². The second-order valence-electron chi connectivity index (χ2n) is 5.21. The quantitative estimate of drug-likeness (QED) is 0.171. The van der Waals surface area contributed by atoms with Crippen molar-refractivity contribution in [1.29, 1.82) is 0 Å². The highest BCUT2D eigenvalue weighted by molar-refractivity contribution is 6.03. The monoisotopic (exact) mass is 355 g/mol. The maximum Gasteiger partial charge on any atom is 0.313 e. The summed E-state index contributed by atoms with van der Waals surface area (Å²) in [7, 11) is 0. The fourth-order valence-electron chi connectivity index (χ4n) is 2.02. The number of nitro benzene ring substituents is 1. The third-order valence-corrected chi connectivity index (χ3v) is 3.22. The molecule has 0 heterocycles. The van der Waals surface area contributed by atoms with Crippen molar-refractivity contribution >= 4 is 23.5 Å². The average Bonchev–Trinajstić information content (AvgIpc) is 2.64. The number of carbonyl (C=O) groups is 2. The number of esters is 1. The van der Waals surface area contributed by atoms with Crippen LogP contribution < -0.4 is 4.74 Å². The molecular formula is C19H17NO6. The van der Waals surface area contributed by atoms with Crippen molar-refractivity contribution in [2.75, 3.05) is 13.2 Å². The molecule has 0 aromatic heterocycles. The maximum atomic E-state index is 11.7. The molecule has 0 spiro atoms. The topological polar surface area (TPSA) is 95.7 Å². The Morgan fingerprint density at radius 1 is 1.04 bits per heavy atom. The van der Waals surface area contributed by atoms with Gasteiger partial charge in [0.25, 0.3) is 5.69 Å². The van der Waals surface area contributed by atoms with Crippen LogP contribution in [0.1, 0.15) is 12.0 Å². The second kappa shape index (κ2) is 9.73. The number of non-ortho nitro benzene ring substituents is 1. The summed E-state index contributed by atoms with van der Waals surface area (Å²) in [5, 5.41) is 10.7. The van der Waals surface area contributed by atoms with Crippen LogP contribution in [0.25, 0.3) is 6.08 Å². The Kier molecular flexibility index (Phi) is 7.05. The Morgan fingerprint density at radius 3 is 2.54 bits per heavy atom. The molecule has 0 fully saturated rings. The van der Waals surface area contributed by atoms with Crippen molar-refractivity contribution in [3.8, 4) is 5.75 Å². The zero-order valence-corrected chi connectivity index (χ0v) is 13.9. The number of hydrogen-bond acceptors (Lipinski definition) is 6. The highest BCUT2D eigenvalue weighted by Gasteiger charge is 2.09. The molecule has 26 heavy (non-hydrogen) atoms. The highest BCUT2D eigenvalue weighted by Crippen LogP contribution is 2.14. The number of hydrogen-bond donors (Lipinski definition) is 0. The van der Waals surface area contributed by atoms with E-state index in [9.17, 15) is 19.7 Å². The number of allylic oxidation sites excluding steroid dienone is 1. The van der Waals surface area contributed by atoms with E-state index in [1.54, 1.807) is 18.2 Å². The van der Waals surface area contributed by atoms with Crippen molar-refractivity contribution in [3.05, 3.63) is 76.4 Å². The lowest BCUT2D eigenvalue weighted by Crippen LogP contribution is -2.14. The number of nitrogens with zero attached hydrogens (tertiary/aromatic N) is 1. The summed E-state index contributed by atoms with van der Waals surface area (Å²) in [5.74, 6) is -0.444. The molecule has 0 amide bonds. The Hall–Kier alpha value is -3.48. The molecule has 0 saturated heterocycles. The van der Waals surface area contributed by atoms with Gasteiger partial charge in [0, 0.05) is 12.1 Å². The number of ether oxygens (including phenoxy) is 2. The molecular weight excluding hydrogens is 338 g/mol. The first-order valence-electron chi connectivity index (χ1n) is 7.83. The van der Waals surface area contributed by atoms with Crippen LogP contribution in [0.3, 0.4) is 0 Å². The van der Waals surface area contributed by atoms with Gasteiger partial charge in [-0.15, -0.1) is 0 Å². The van der Waals surface area contributed by atoms with Gasteiger partial charge in [-0.3, -0.25) is 19.7 Å². The van der Waals surface area contributed by atoms with Crippen LogP contribution in [0.15, 0.2) is 60.7 Å². The van der Waals surface area contributed by atoms with E-state index >= 15 is 0 Å². The summed E-state index contributed by atoms with van der Waals surface area (Å²) in [4.78, 5) is 33.5. The van der Waals surface area contributed by atoms with Crippen molar-refractivity contribution < 1.29 is 24.0 Å². The van der Waals surface area contributed by atoms with Gasteiger partial charge in [-0.25, -0.2) is 0 Å². The lowest BCUT2D eigenvalue weighted by molar-refractivity contribution is -0.384. The van der Waals surface area contributed by atoms with Crippen molar-refractivity contribution in [3.63, 3.8) is 0 Å². The Bertz CT molecular complexity index is 801. The largest absolute Gasteiger partial charge is 0.490 e. The molecule has 0 bridgehead atoms. The molecule has 2 aromatic carbocycles.